The van der Waals surface area contributed by atoms with Crippen molar-refractivity contribution >= 4 is 0 Å². The molecule has 0 aliphatic carbocycles. The Morgan fingerprint density at radius 2 is 1.47 bits per heavy atom. The summed E-state index contributed by atoms with van der Waals surface area (Å²) in [7, 11) is 0. The summed E-state index contributed by atoms with van der Waals surface area (Å²) in [6, 6.07) is 8.76. The zero-order chi connectivity index (χ0) is 11.9. The van der Waals surface area contributed by atoms with E-state index >= 15 is 0 Å². The van der Waals surface area contributed by atoms with Crippen molar-refractivity contribution in [2.45, 2.75) is 46.5 Å². The molecule has 1 aromatic rings. The lowest BCUT2D eigenvalue weighted by atomic mass is 10.1. The Balaban J connectivity index is 0.000000336. The molecule has 1 aromatic carbocycles. The highest BCUT2D eigenvalue weighted by atomic mass is 19.3. The predicted octanol–water partition coefficient (Wildman–Crippen LogP) is 4.61. The first-order valence-corrected chi connectivity index (χ1v) is 5.26. The molecule has 0 bridgehead atoms. The average molecular weight is 214 g/mol. The lowest BCUT2D eigenvalue weighted by molar-refractivity contribution is 0.0437. The first-order chi connectivity index (χ1) is 6.83. The van der Waals surface area contributed by atoms with Crippen LogP contribution in [0.1, 0.15) is 38.3 Å². The monoisotopic (exact) mass is 214 g/mol. The van der Waals surface area contributed by atoms with E-state index in [0.717, 1.165) is 13.8 Å². The molecule has 0 N–H and O–H groups in total. The second kappa shape index (κ2) is 6.54. The smallest absolute Gasteiger partial charge is 0.208 e. The fourth-order valence-corrected chi connectivity index (χ4v) is 1.04. The minimum absolute atomic E-state index is 0.854. The Morgan fingerprint density at radius 1 is 1.07 bits per heavy atom. The molecule has 0 fully saturated rings. The number of alkyl halides is 2. The maximum Gasteiger partial charge on any atom is 0.242 e. The van der Waals surface area contributed by atoms with Crippen LogP contribution in [0.5, 0.6) is 0 Å². The molecule has 0 saturated carbocycles. The van der Waals surface area contributed by atoms with Crippen LogP contribution in [0.3, 0.4) is 0 Å². The van der Waals surface area contributed by atoms with Crippen LogP contribution in [0.2, 0.25) is 0 Å². The van der Waals surface area contributed by atoms with Crippen molar-refractivity contribution < 1.29 is 8.78 Å². The number of aryl methyl sites for hydroxylation is 2. The molecule has 1 rings (SSSR count). The van der Waals surface area contributed by atoms with Gasteiger partial charge in [0, 0.05) is 0 Å². The lowest BCUT2D eigenvalue weighted by Gasteiger charge is -1.97. The highest BCUT2D eigenvalue weighted by molar-refractivity contribution is 5.21. The van der Waals surface area contributed by atoms with Crippen LogP contribution in [-0.4, -0.2) is 5.92 Å². The van der Waals surface area contributed by atoms with E-state index in [-0.39, 0.29) is 0 Å². The molecule has 0 nitrogen and oxygen atoms in total. The number of hydrogen-bond acceptors (Lipinski definition) is 0. The van der Waals surface area contributed by atoms with Gasteiger partial charge in [0.25, 0.3) is 0 Å². The van der Waals surface area contributed by atoms with E-state index in [2.05, 4.69) is 38.1 Å². The second-order valence-electron chi connectivity index (χ2n) is 4.06. The van der Waals surface area contributed by atoms with E-state index in [1.165, 1.54) is 24.0 Å². The maximum absolute atomic E-state index is 11.0. The van der Waals surface area contributed by atoms with Crippen molar-refractivity contribution in [2.75, 3.05) is 0 Å². The van der Waals surface area contributed by atoms with E-state index in [0.29, 0.717) is 0 Å². The van der Waals surface area contributed by atoms with Crippen molar-refractivity contribution in [3.63, 3.8) is 0 Å². The van der Waals surface area contributed by atoms with E-state index in [1.54, 1.807) is 0 Å². The van der Waals surface area contributed by atoms with Crippen LogP contribution >= 0.6 is 0 Å². The summed E-state index contributed by atoms with van der Waals surface area (Å²) in [4.78, 5) is 0. The zero-order valence-corrected chi connectivity index (χ0v) is 9.98. The van der Waals surface area contributed by atoms with Crippen LogP contribution in [0.15, 0.2) is 24.3 Å². The van der Waals surface area contributed by atoms with Gasteiger partial charge in [0.2, 0.25) is 5.92 Å². The van der Waals surface area contributed by atoms with Gasteiger partial charge in [-0.3, -0.25) is 0 Å². The van der Waals surface area contributed by atoms with E-state index in [1.807, 2.05) is 0 Å². The molecule has 0 heterocycles. The topological polar surface area (TPSA) is 0 Å². The van der Waals surface area contributed by atoms with Gasteiger partial charge < -0.3 is 0 Å². The lowest BCUT2D eigenvalue weighted by Crippen LogP contribution is -1.98. The molecule has 0 aliphatic heterocycles. The molecule has 0 amide bonds. The Hall–Kier alpha value is -0.920. The van der Waals surface area contributed by atoms with Crippen molar-refractivity contribution in [1.82, 2.24) is 0 Å². The molecule has 0 aromatic heterocycles. The van der Waals surface area contributed by atoms with Gasteiger partial charge in [0.15, 0.2) is 0 Å². The third kappa shape index (κ3) is 11.0. The maximum atomic E-state index is 11.0. The van der Waals surface area contributed by atoms with Gasteiger partial charge in [-0.15, -0.1) is 0 Å². The average Bonchev–Trinajstić information content (AvgIpc) is 2.06. The second-order valence-corrected chi connectivity index (χ2v) is 4.06. The fraction of sp³-hybridized carbons (Fsp3) is 0.538. The van der Waals surface area contributed by atoms with E-state index in [4.69, 9.17) is 0 Å². The molecule has 0 radical (unpaired) electrons. The van der Waals surface area contributed by atoms with Crippen molar-refractivity contribution in [3.05, 3.63) is 35.4 Å². The van der Waals surface area contributed by atoms with Gasteiger partial charge in [-0.05, 0) is 32.8 Å². The van der Waals surface area contributed by atoms with Gasteiger partial charge >= 0.3 is 0 Å². The van der Waals surface area contributed by atoms with Gasteiger partial charge in [-0.2, -0.15) is 0 Å². The summed E-state index contributed by atoms with van der Waals surface area (Å²) in [6.07, 6.45) is 2.45. The number of rotatable bonds is 2. The Labute approximate surface area is 91.3 Å². The van der Waals surface area contributed by atoms with Crippen LogP contribution in [0.25, 0.3) is 0 Å². The first kappa shape index (κ1) is 14.1. The summed E-state index contributed by atoms with van der Waals surface area (Å²) in [5.74, 6) is -2.50. The SMILES string of the molecule is CC(C)(F)F.CCCc1ccc(C)cc1. The standard InChI is InChI=1S/C10H14.C3H6F2/c1-3-4-10-7-5-9(2)6-8-10;1-3(2,4)5/h5-8H,3-4H2,1-2H3;1-2H3. The van der Waals surface area contributed by atoms with Gasteiger partial charge in [0.05, 0.1) is 0 Å². The van der Waals surface area contributed by atoms with Crippen LogP contribution in [0, 0.1) is 6.92 Å². The van der Waals surface area contributed by atoms with E-state index in [9.17, 15) is 8.78 Å². The van der Waals surface area contributed by atoms with Crippen molar-refractivity contribution in [3.8, 4) is 0 Å². The molecular weight excluding hydrogens is 194 g/mol. The first-order valence-electron chi connectivity index (χ1n) is 5.26. The van der Waals surface area contributed by atoms with Gasteiger partial charge in [0.1, 0.15) is 0 Å². The molecular formula is C13H20F2. The highest BCUT2D eigenvalue weighted by Crippen LogP contribution is 2.06. The van der Waals surface area contributed by atoms with E-state index < -0.39 is 5.92 Å². The molecule has 0 aliphatic rings. The Morgan fingerprint density at radius 3 is 1.80 bits per heavy atom. The molecule has 0 atom stereocenters. The molecule has 15 heavy (non-hydrogen) atoms. The molecule has 0 saturated heterocycles. The molecule has 86 valence electrons. The molecule has 0 unspecified atom stereocenters. The Bertz CT molecular complexity index is 251. The van der Waals surface area contributed by atoms with Crippen LogP contribution < -0.4 is 0 Å². The number of halogens is 2. The summed E-state index contributed by atoms with van der Waals surface area (Å²) >= 11 is 0. The summed E-state index contributed by atoms with van der Waals surface area (Å²) in [5, 5.41) is 0. The predicted molar refractivity (Wildman–Crippen MR) is 61.5 cm³/mol. The van der Waals surface area contributed by atoms with Crippen molar-refractivity contribution in [2.24, 2.45) is 0 Å². The van der Waals surface area contributed by atoms with Crippen LogP contribution in [-0.2, 0) is 6.42 Å². The zero-order valence-electron chi connectivity index (χ0n) is 9.98. The number of benzene rings is 1. The molecule has 0 spiro atoms. The minimum atomic E-state index is -2.50. The summed E-state index contributed by atoms with van der Waals surface area (Å²) < 4.78 is 22.0. The number of hydrogen-bond donors (Lipinski definition) is 0. The quantitative estimate of drug-likeness (QED) is 0.674. The highest BCUT2D eigenvalue weighted by Gasteiger charge is 2.08. The third-order valence-electron chi connectivity index (χ3n) is 1.66. The molecule has 2 heteroatoms. The fourth-order valence-electron chi connectivity index (χ4n) is 1.04. The van der Waals surface area contributed by atoms with Crippen LogP contribution in [0.4, 0.5) is 8.78 Å². The Kier molecular flexibility index (Phi) is 6.14. The van der Waals surface area contributed by atoms with Gasteiger partial charge in [-0.1, -0.05) is 43.2 Å². The summed E-state index contributed by atoms with van der Waals surface area (Å²) in [5.41, 5.74) is 2.80. The normalized spacial score (nSPS) is 10.5. The van der Waals surface area contributed by atoms with Gasteiger partial charge in [-0.25, -0.2) is 8.78 Å². The minimum Gasteiger partial charge on any atom is -0.208 e. The van der Waals surface area contributed by atoms with Crippen molar-refractivity contribution in [1.29, 1.82) is 0 Å². The largest absolute Gasteiger partial charge is 0.242 e. The summed E-state index contributed by atoms with van der Waals surface area (Å²) in [6.45, 7) is 6.04. The third-order valence-corrected chi connectivity index (χ3v) is 1.66.